The maximum atomic E-state index is 11.9. The smallest absolute Gasteiger partial charge is 0.286 e. The number of benzene rings is 1. The first kappa shape index (κ1) is 16.5. The topological polar surface area (TPSA) is 67.8 Å². The molecule has 1 aliphatic heterocycles. The van der Waals surface area contributed by atoms with E-state index in [0.29, 0.717) is 17.3 Å². The van der Waals surface area contributed by atoms with E-state index >= 15 is 0 Å². The van der Waals surface area contributed by atoms with Crippen LogP contribution in [0.4, 0.5) is 0 Å². The molecule has 0 saturated heterocycles. The van der Waals surface area contributed by atoms with Gasteiger partial charge < -0.3 is 10.1 Å². The third-order valence-electron chi connectivity index (χ3n) is 2.52. The average Bonchev–Trinajstić information content (AvgIpc) is 2.77. The molecule has 1 aromatic rings. The number of hydrogen-bond acceptors (Lipinski definition) is 4. The van der Waals surface area contributed by atoms with Crippen molar-refractivity contribution in [2.45, 2.75) is 6.92 Å². The summed E-state index contributed by atoms with van der Waals surface area (Å²) < 4.78 is 6.43. The molecule has 2 amide bonds. The van der Waals surface area contributed by atoms with Crippen LogP contribution in [0.1, 0.15) is 12.5 Å². The fraction of sp³-hybridized carbons (Fsp3) is 0.133. The number of nitrogens with zero attached hydrogens (tertiary/aromatic N) is 1. The van der Waals surface area contributed by atoms with E-state index in [1.165, 1.54) is 6.92 Å². The molecule has 114 valence electrons. The third-order valence-corrected chi connectivity index (χ3v) is 3.91. The number of amidine groups is 1. The number of hydrogen-bond donors (Lipinski definition) is 1. The number of halogens is 1. The van der Waals surface area contributed by atoms with Crippen molar-refractivity contribution >= 4 is 50.7 Å². The van der Waals surface area contributed by atoms with Crippen molar-refractivity contribution in [3.8, 4) is 5.75 Å². The van der Waals surface area contributed by atoms with Crippen molar-refractivity contribution in [2.75, 3.05) is 6.61 Å². The minimum Gasteiger partial charge on any atom is -0.489 e. The summed E-state index contributed by atoms with van der Waals surface area (Å²) >= 11 is 4.51. The molecule has 5 nitrogen and oxygen atoms in total. The first-order chi connectivity index (χ1) is 10.5. The zero-order valence-electron chi connectivity index (χ0n) is 11.8. The van der Waals surface area contributed by atoms with Gasteiger partial charge in [-0.25, -0.2) is 0 Å². The lowest BCUT2D eigenvalue weighted by molar-refractivity contribution is -0.117. The van der Waals surface area contributed by atoms with Gasteiger partial charge in [0.05, 0.1) is 4.91 Å². The Morgan fingerprint density at radius 1 is 1.55 bits per heavy atom. The molecule has 1 aliphatic rings. The zero-order chi connectivity index (χ0) is 16.1. The van der Waals surface area contributed by atoms with E-state index in [-0.39, 0.29) is 17.0 Å². The van der Waals surface area contributed by atoms with Gasteiger partial charge in [-0.3, -0.25) is 9.59 Å². The van der Waals surface area contributed by atoms with E-state index in [1.807, 2.05) is 12.1 Å². The second-order valence-corrected chi connectivity index (χ2v) is 6.24. The van der Waals surface area contributed by atoms with Crippen LogP contribution in [0.2, 0.25) is 0 Å². The second-order valence-electron chi connectivity index (χ2n) is 4.30. The van der Waals surface area contributed by atoms with Gasteiger partial charge in [-0.15, -0.1) is 0 Å². The lowest BCUT2D eigenvalue weighted by Crippen LogP contribution is -2.23. The van der Waals surface area contributed by atoms with Gasteiger partial charge in [-0.1, -0.05) is 28.6 Å². The van der Waals surface area contributed by atoms with Crippen molar-refractivity contribution in [1.29, 1.82) is 0 Å². The Labute approximate surface area is 140 Å². The van der Waals surface area contributed by atoms with Crippen molar-refractivity contribution in [1.82, 2.24) is 5.32 Å². The highest BCUT2D eigenvalue weighted by Gasteiger charge is 2.23. The summed E-state index contributed by atoms with van der Waals surface area (Å²) in [5.41, 5.74) is 0.742. The monoisotopic (exact) mass is 380 g/mol. The molecule has 1 heterocycles. The second kappa shape index (κ2) is 7.42. The Balaban J connectivity index is 2.26. The van der Waals surface area contributed by atoms with Crippen LogP contribution in [0.25, 0.3) is 6.08 Å². The van der Waals surface area contributed by atoms with E-state index < -0.39 is 0 Å². The van der Waals surface area contributed by atoms with Gasteiger partial charge in [-0.2, -0.15) is 4.99 Å². The molecule has 22 heavy (non-hydrogen) atoms. The first-order valence-electron chi connectivity index (χ1n) is 6.33. The van der Waals surface area contributed by atoms with Gasteiger partial charge in [0.25, 0.3) is 5.91 Å². The molecule has 0 bridgehead atoms. The van der Waals surface area contributed by atoms with Crippen molar-refractivity contribution in [3.63, 3.8) is 0 Å². The minimum absolute atomic E-state index is 0.266. The molecule has 0 aliphatic carbocycles. The summed E-state index contributed by atoms with van der Waals surface area (Å²) in [6.45, 7) is 5.34. The summed E-state index contributed by atoms with van der Waals surface area (Å²) in [6.07, 6.45) is 3.33. The Morgan fingerprint density at radius 2 is 2.32 bits per heavy atom. The van der Waals surface area contributed by atoms with Crippen molar-refractivity contribution < 1.29 is 14.3 Å². The highest BCUT2D eigenvalue weighted by Crippen LogP contribution is 2.31. The molecular weight excluding hydrogens is 368 g/mol. The predicted octanol–water partition coefficient (Wildman–Crippen LogP) is 3.12. The van der Waals surface area contributed by atoms with Crippen LogP contribution in [0, 0.1) is 0 Å². The fourth-order valence-electron chi connectivity index (χ4n) is 1.67. The molecule has 0 radical (unpaired) electrons. The minimum atomic E-state index is -0.386. The maximum absolute atomic E-state index is 11.9. The molecule has 0 saturated carbocycles. The maximum Gasteiger partial charge on any atom is 0.286 e. The van der Waals surface area contributed by atoms with Gasteiger partial charge in [0.1, 0.15) is 12.4 Å². The number of amides is 2. The largest absolute Gasteiger partial charge is 0.489 e. The summed E-state index contributed by atoms with van der Waals surface area (Å²) in [5.74, 6) is -0.0156. The van der Waals surface area contributed by atoms with Crippen LogP contribution in [0.15, 0.2) is 45.2 Å². The number of aliphatic imine (C=N–C) groups is 1. The predicted molar refractivity (Wildman–Crippen MR) is 91.7 cm³/mol. The molecule has 0 spiro atoms. The van der Waals surface area contributed by atoms with Gasteiger partial charge in [0.2, 0.25) is 5.91 Å². The zero-order valence-corrected chi connectivity index (χ0v) is 14.2. The summed E-state index contributed by atoms with van der Waals surface area (Å²) in [5, 5.41) is 2.79. The fourth-order valence-corrected chi connectivity index (χ4v) is 2.90. The van der Waals surface area contributed by atoms with E-state index in [1.54, 1.807) is 18.2 Å². The molecule has 0 atom stereocenters. The molecule has 0 unspecified atom stereocenters. The molecular formula is C15H13BrN2O3S. The summed E-state index contributed by atoms with van der Waals surface area (Å²) in [6, 6.07) is 5.50. The highest BCUT2D eigenvalue weighted by molar-refractivity contribution is 9.10. The van der Waals surface area contributed by atoms with E-state index in [0.717, 1.165) is 21.8 Å². The molecule has 0 aromatic heterocycles. The Bertz CT molecular complexity index is 698. The van der Waals surface area contributed by atoms with Crippen LogP contribution in [0.5, 0.6) is 5.75 Å². The van der Waals surface area contributed by atoms with Gasteiger partial charge in [-0.05, 0) is 36.0 Å². The molecule has 7 heteroatoms. The van der Waals surface area contributed by atoms with Gasteiger partial charge in [0, 0.05) is 17.0 Å². The third kappa shape index (κ3) is 4.32. The van der Waals surface area contributed by atoms with Crippen molar-refractivity contribution in [3.05, 3.63) is 45.8 Å². The van der Waals surface area contributed by atoms with E-state index in [9.17, 15) is 9.59 Å². The van der Waals surface area contributed by atoms with Crippen LogP contribution in [-0.4, -0.2) is 23.6 Å². The van der Waals surface area contributed by atoms with Crippen LogP contribution in [0.3, 0.4) is 0 Å². The lowest BCUT2D eigenvalue weighted by Gasteiger charge is -2.08. The van der Waals surface area contributed by atoms with Crippen LogP contribution < -0.4 is 10.1 Å². The standard InChI is InChI=1S/C15H13BrN2O3S/c1-3-6-21-12-5-4-11(16)7-10(12)8-13-14(20)18-15(22-13)17-9(2)19/h3-5,7-8H,1,6H2,2H3,(H,17,18,19,20). The van der Waals surface area contributed by atoms with E-state index in [2.05, 4.69) is 32.8 Å². The Hall–Kier alpha value is -1.86. The quantitative estimate of drug-likeness (QED) is 0.643. The lowest BCUT2D eigenvalue weighted by atomic mass is 10.2. The van der Waals surface area contributed by atoms with Crippen LogP contribution >= 0.6 is 27.7 Å². The number of carbonyl (C=O) groups excluding carboxylic acids is 2. The SMILES string of the molecule is C=CCOc1ccc(Br)cc1C=C1SC(NC(C)=O)=NC1=O. The number of ether oxygens (including phenoxy) is 1. The number of nitrogens with one attached hydrogen (secondary N) is 1. The van der Waals surface area contributed by atoms with Crippen molar-refractivity contribution in [2.24, 2.45) is 4.99 Å². The van der Waals surface area contributed by atoms with E-state index in [4.69, 9.17) is 4.74 Å². The highest BCUT2D eigenvalue weighted by atomic mass is 79.9. The normalized spacial score (nSPS) is 15.6. The first-order valence-corrected chi connectivity index (χ1v) is 7.94. The molecule has 0 fully saturated rings. The number of thioether (sulfide) groups is 1. The molecule has 2 rings (SSSR count). The van der Waals surface area contributed by atoms with Crippen LogP contribution in [-0.2, 0) is 9.59 Å². The summed E-state index contributed by atoms with van der Waals surface area (Å²) in [7, 11) is 0. The molecule has 1 aromatic carbocycles. The average molecular weight is 381 g/mol. The Morgan fingerprint density at radius 3 is 3.00 bits per heavy atom. The number of carbonyl (C=O) groups is 2. The Kier molecular flexibility index (Phi) is 5.57. The van der Waals surface area contributed by atoms with Gasteiger partial charge >= 0.3 is 0 Å². The molecule has 1 N–H and O–H groups in total. The summed E-state index contributed by atoms with van der Waals surface area (Å²) in [4.78, 5) is 27.1. The number of rotatable bonds is 4. The van der Waals surface area contributed by atoms with Gasteiger partial charge in [0.15, 0.2) is 5.17 Å².